The van der Waals surface area contributed by atoms with Crippen LogP contribution in [0, 0.1) is 11.2 Å². The molecule has 0 amide bonds. The molecular formula is C27H28ClFN4O2. The number of ether oxygens (including phenoxy) is 1. The normalized spacial score (nSPS) is 17.2. The van der Waals surface area contributed by atoms with Gasteiger partial charge >= 0.3 is 0 Å². The standard InChI is InChI=1S/C27H28ClFN4O2/c1-35-25-14-24-21(26(31-17-30-24)32-19-6-7-23(29)22(28)13-19)12-18(25)11-20(34)5-4-10-33-15-27(16-33)8-2-3-9-27/h4-7,12-14,17H,2-3,8-11,15-16H2,1H3,(H,30,31,32)/b5-4+. The summed E-state index contributed by atoms with van der Waals surface area (Å²) in [5, 5.41) is 3.91. The first kappa shape index (κ1) is 23.7. The van der Waals surface area contributed by atoms with Gasteiger partial charge in [-0.3, -0.25) is 9.69 Å². The molecule has 1 spiro atoms. The Morgan fingerprint density at radius 2 is 2.03 bits per heavy atom. The first-order valence-corrected chi connectivity index (χ1v) is 12.3. The molecule has 1 aliphatic heterocycles. The average molecular weight is 495 g/mol. The van der Waals surface area contributed by atoms with Crippen LogP contribution >= 0.6 is 11.6 Å². The number of rotatable bonds is 8. The van der Waals surface area contributed by atoms with E-state index < -0.39 is 5.82 Å². The molecule has 3 aromatic rings. The topological polar surface area (TPSA) is 67.4 Å². The number of hydrogen-bond donors (Lipinski definition) is 1. The predicted molar refractivity (Wildman–Crippen MR) is 136 cm³/mol. The summed E-state index contributed by atoms with van der Waals surface area (Å²) >= 11 is 5.91. The Labute approximate surface area is 209 Å². The lowest BCUT2D eigenvalue weighted by Gasteiger charge is -2.48. The van der Waals surface area contributed by atoms with E-state index in [1.807, 2.05) is 12.1 Å². The molecule has 2 aliphatic rings. The molecule has 0 atom stereocenters. The molecule has 0 bridgehead atoms. The molecule has 2 heterocycles. The highest BCUT2D eigenvalue weighted by atomic mass is 35.5. The third kappa shape index (κ3) is 5.16. The second kappa shape index (κ2) is 9.91. The van der Waals surface area contributed by atoms with Crippen LogP contribution in [0.25, 0.3) is 10.9 Å². The molecule has 1 aliphatic carbocycles. The molecule has 1 aromatic heterocycles. The molecule has 1 N–H and O–H groups in total. The molecule has 0 radical (unpaired) electrons. The number of allylic oxidation sites excluding steroid dienone is 1. The number of carbonyl (C=O) groups excluding carboxylic acids is 1. The number of fused-ring (bicyclic) bond motifs is 1. The number of methoxy groups -OCH3 is 1. The zero-order chi connectivity index (χ0) is 24.4. The van der Waals surface area contributed by atoms with Crippen LogP contribution in [-0.2, 0) is 11.2 Å². The van der Waals surface area contributed by atoms with E-state index in [1.165, 1.54) is 44.1 Å². The maximum atomic E-state index is 13.5. The summed E-state index contributed by atoms with van der Waals surface area (Å²) in [6.45, 7) is 3.11. The van der Waals surface area contributed by atoms with Gasteiger partial charge in [-0.25, -0.2) is 14.4 Å². The summed E-state index contributed by atoms with van der Waals surface area (Å²) in [6, 6.07) is 8.04. The van der Waals surface area contributed by atoms with Gasteiger partial charge in [0, 0.05) is 48.8 Å². The predicted octanol–water partition coefficient (Wildman–Crippen LogP) is 5.72. The van der Waals surface area contributed by atoms with Crippen LogP contribution in [0.3, 0.4) is 0 Å². The molecule has 0 unspecified atom stereocenters. The number of nitrogens with one attached hydrogen (secondary N) is 1. The van der Waals surface area contributed by atoms with E-state index in [9.17, 15) is 9.18 Å². The second-order valence-electron chi connectivity index (χ2n) is 9.58. The van der Waals surface area contributed by atoms with E-state index in [2.05, 4.69) is 20.2 Å². The number of hydrogen-bond acceptors (Lipinski definition) is 6. The van der Waals surface area contributed by atoms with Crippen LogP contribution in [-0.4, -0.2) is 47.4 Å². The van der Waals surface area contributed by atoms with Gasteiger partial charge in [-0.05, 0) is 48.6 Å². The summed E-state index contributed by atoms with van der Waals surface area (Å²) < 4.78 is 19.1. The van der Waals surface area contributed by atoms with Crippen molar-refractivity contribution in [3.8, 4) is 5.75 Å². The van der Waals surface area contributed by atoms with Crippen LogP contribution in [0.15, 0.2) is 48.8 Å². The Kier molecular flexibility index (Phi) is 6.71. The maximum absolute atomic E-state index is 13.5. The van der Waals surface area contributed by atoms with E-state index in [4.69, 9.17) is 16.3 Å². The Balaban J connectivity index is 1.30. The van der Waals surface area contributed by atoms with Crippen LogP contribution in [0.4, 0.5) is 15.9 Å². The molecule has 2 fully saturated rings. The van der Waals surface area contributed by atoms with Crippen molar-refractivity contribution < 1.29 is 13.9 Å². The molecule has 5 rings (SSSR count). The number of aromatic nitrogens is 2. The summed E-state index contributed by atoms with van der Waals surface area (Å²) in [5.74, 6) is 0.647. The van der Waals surface area contributed by atoms with E-state index >= 15 is 0 Å². The van der Waals surface area contributed by atoms with Crippen molar-refractivity contribution in [1.29, 1.82) is 0 Å². The summed E-state index contributed by atoms with van der Waals surface area (Å²) in [6.07, 6.45) is 10.7. The average Bonchev–Trinajstić information content (AvgIpc) is 3.31. The van der Waals surface area contributed by atoms with Gasteiger partial charge in [-0.15, -0.1) is 0 Å². The number of carbonyl (C=O) groups is 1. The molecule has 182 valence electrons. The van der Waals surface area contributed by atoms with E-state index in [0.717, 1.165) is 30.6 Å². The molecule has 1 saturated heterocycles. The van der Waals surface area contributed by atoms with Crippen molar-refractivity contribution in [1.82, 2.24) is 14.9 Å². The van der Waals surface area contributed by atoms with Crippen LogP contribution < -0.4 is 10.1 Å². The maximum Gasteiger partial charge on any atom is 0.159 e. The second-order valence-corrected chi connectivity index (χ2v) is 9.99. The van der Waals surface area contributed by atoms with Crippen molar-refractivity contribution >= 4 is 39.8 Å². The SMILES string of the molecule is COc1cc2ncnc(Nc3ccc(F)c(Cl)c3)c2cc1CC(=O)/C=C/CN1CC2(CCCC2)C1. The molecule has 2 aromatic carbocycles. The highest BCUT2D eigenvalue weighted by Crippen LogP contribution is 2.45. The minimum atomic E-state index is -0.490. The summed E-state index contributed by atoms with van der Waals surface area (Å²) in [4.78, 5) is 23.8. The Bertz CT molecular complexity index is 1280. The van der Waals surface area contributed by atoms with Gasteiger partial charge < -0.3 is 10.1 Å². The Morgan fingerprint density at radius 1 is 1.23 bits per heavy atom. The molecule has 35 heavy (non-hydrogen) atoms. The zero-order valence-corrected chi connectivity index (χ0v) is 20.4. The lowest BCUT2D eigenvalue weighted by Crippen LogP contribution is -2.54. The van der Waals surface area contributed by atoms with Crippen molar-refractivity contribution in [2.75, 3.05) is 32.1 Å². The Morgan fingerprint density at radius 3 is 2.77 bits per heavy atom. The van der Waals surface area contributed by atoms with Gasteiger partial charge in [0.25, 0.3) is 0 Å². The molecule has 1 saturated carbocycles. The monoisotopic (exact) mass is 494 g/mol. The van der Waals surface area contributed by atoms with Crippen LogP contribution in [0.5, 0.6) is 5.75 Å². The van der Waals surface area contributed by atoms with Crippen molar-refractivity contribution in [3.05, 3.63) is 65.2 Å². The lowest BCUT2D eigenvalue weighted by molar-refractivity contribution is -0.114. The summed E-state index contributed by atoms with van der Waals surface area (Å²) in [7, 11) is 1.58. The minimum absolute atomic E-state index is 0.00966. The zero-order valence-electron chi connectivity index (χ0n) is 19.7. The number of benzene rings is 2. The van der Waals surface area contributed by atoms with Gasteiger partial charge in [0.05, 0.1) is 17.6 Å². The highest BCUT2D eigenvalue weighted by Gasteiger charge is 2.43. The first-order valence-electron chi connectivity index (χ1n) is 11.9. The highest BCUT2D eigenvalue weighted by molar-refractivity contribution is 6.31. The van der Waals surface area contributed by atoms with Gasteiger partial charge in [0.1, 0.15) is 23.7 Å². The van der Waals surface area contributed by atoms with Gasteiger partial charge in [-0.2, -0.15) is 0 Å². The lowest BCUT2D eigenvalue weighted by atomic mass is 9.78. The fourth-order valence-corrected chi connectivity index (χ4v) is 5.50. The largest absolute Gasteiger partial charge is 0.496 e. The van der Waals surface area contributed by atoms with E-state index in [0.29, 0.717) is 28.2 Å². The molecular weight excluding hydrogens is 467 g/mol. The number of anilines is 2. The number of halogens is 2. The quantitative estimate of drug-likeness (QED) is 0.404. The smallest absolute Gasteiger partial charge is 0.159 e. The van der Waals surface area contributed by atoms with Crippen LogP contribution in [0.1, 0.15) is 31.2 Å². The Hall–Kier alpha value is -3.03. The number of likely N-dealkylation sites (tertiary alicyclic amines) is 1. The van der Waals surface area contributed by atoms with E-state index in [-0.39, 0.29) is 17.2 Å². The van der Waals surface area contributed by atoms with E-state index in [1.54, 1.807) is 25.3 Å². The van der Waals surface area contributed by atoms with Gasteiger partial charge in [0.15, 0.2) is 5.78 Å². The molecule has 8 heteroatoms. The van der Waals surface area contributed by atoms with Crippen molar-refractivity contribution in [3.63, 3.8) is 0 Å². The van der Waals surface area contributed by atoms with Crippen molar-refractivity contribution in [2.45, 2.75) is 32.1 Å². The number of nitrogens with zero attached hydrogens (tertiary/aromatic N) is 3. The third-order valence-corrected chi connectivity index (χ3v) is 7.32. The summed E-state index contributed by atoms with van der Waals surface area (Å²) in [5.41, 5.74) is 2.57. The fraction of sp³-hybridized carbons (Fsp3) is 0.370. The third-order valence-electron chi connectivity index (χ3n) is 7.03. The first-order chi connectivity index (χ1) is 16.9. The minimum Gasteiger partial charge on any atom is -0.496 e. The fourth-order valence-electron chi connectivity index (χ4n) is 5.32. The van der Waals surface area contributed by atoms with Gasteiger partial charge in [0.2, 0.25) is 0 Å². The van der Waals surface area contributed by atoms with Crippen LogP contribution in [0.2, 0.25) is 5.02 Å². The molecule has 6 nitrogen and oxygen atoms in total. The number of ketones is 1. The van der Waals surface area contributed by atoms with Gasteiger partial charge in [-0.1, -0.05) is 30.5 Å². The van der Waals surface area contributed by atoms with Crippen molar-refractivity contribution in [2.24, 2.45) is 5.41 Å².